The van der Waals surface area contributed by atoms with Gasteiger partial charge < -0.3 is 5.41 Å². The van der Waals surface area contributed by atoms with E-state index in [1.165, 1.54) is 11.0 Å². The van der Waals surface area contributed by atoms with Gasteiger partial charge in [0, 0.05) is 52.4 Å². The maximum Gasteiger partial charge on any atom is 0.260 e. The molecule has 130 valence electrons. The fourth-order valence-electron chi connectivity index (χ4n) is 2.72. The molecule has 1 aromatic carbocycles. The van der Waals surface area contributed by atoms with Gasteiger partial charge in [-0.05, 0) is 31.2 Å². The lowest BCUT2D eigenvalue weighted by molar-refractivity contribution is -0.121. The summed E-state index contributed by atoms with van der Waals surface area (Å²) in [7, 11) is 0. The maximum atomic E-state index is 12.8. The number of aromatic nitrogens is 2. The van der Waals surface area contributed by atoms with Gasteiger partial charge in [0.2, 0.25) is 0 Å². The average molecular weight is 366 g/mol. The summed E-state index contributed by atoms with van der Waals surface area (Å²) < 4.78 is 0. The van der Waals surface area contributed by atoms with Crippen LogP contribution >= 0.6 is 11.6 Å². The summed E-state index contributed by atoms with van der Waals surface area (Å²) in [4.78, 5) is 22.5. The second kappa shape index (κ2) is 7.41. The molecule has 0 spiro atoms. The first kappa shape index (κ1) is 17.7. The van der Waals surface area contributed by atoms with Gasteiger partial charge in [-0.2, -0.15) is 0 Å². The molecule has 1 aliphatic heterocycles. The molecule has 3 rings (SSSR count). The van der Waals surface area contributed by atoms with Gasteiger partial charge in [-0.25, -0.2) is 9.97 Å². The minimum absolute atomic E-state index is 0.0789. The molecule has 26 heavy (non-hydrogen) atoms. The van der Waals surface area contributed by atoms with Gasteiger partial charge in [0.15, 0.2) is 5.82 Å². The van der Waals surface area contributed by atoms with Crippen molar-refractivity contribution in [1.29, 1.82) is 10.8 Å². The van der Waals surface area contributed by atoms with Crippen LogP contribution in [0.5, 0.6) is 0 Å². The molecule has 0 atom stereocenters. The SMILES string of the molecule is CCN1C(=N)C(=CC=N)C=C(c2ccc(-c3ncccn3)cc2Cl)C1=O. The summed E-state index contributed by atoms with van der Waals surface area (Å²) in [6.45, 7) is 2.16. The van der Waals surface area contributed by atoms with Crippen molar-refractivity contribution in [1.82, 2.24) is 14.9 Å². The number of hydrogen-bond donors (Lipinski definition) is 2. The van der Waals surface area contributed by atoms with E-state index in [9.17, 15) is 4.79 Å². The van der Waals surface area contributed by atoms with Crippen LogP contribution in [-0.4, -0.2) is 39.4 Å². The number of nitrogens with one attached hydrogen (secondary N) is 2. The molecule has 0 fully saturated rings. The van der Waals surface area contributed by atoms with E-state index >= 15 is 0 Å². The van der Waals surface area contributed by atoms with E-state index in [0.29, 0.717) is 34.1 Å². The summed E-state index contributed by atoms with van der Waals surface area (Å²) >= 11 is 6.44. The third-order valence-corrected chi connectivity index (χ3v) is 4.29. The van der Waals surface area contributed by atoms with E-state index in [0.717, 1.165) is 11.8 Å². The number of amides is 1. The number of likely N-dealkylation sites (N-methyl/N-ethyl adjacent to an activating group) is 1. The zero-order valence-corrected chi connectivity index (χ0v) is 14.8. The Hall–Kier alpha value is -3.12. The molecule has 2 heterocycles. The molecule has 2 aromatic rings. The summed E-state index contributed by atoms with van der Waals surface area (Å²) in [6.07, 6.45) is 7.48. The third-order valence-electron chi connectivity index (χ3n) is 3.98. The maximum absolute atomic E-state index is 12.8. The monoisotopic (exact) mass is 365 g/mol. The van der Waals surface area contributed by atoms with Gasteiger partial charge in [0.1, 0.15) is 5.84 Å². The minimum atomic E-state index is -0.287. The van der Waals surface area contributed by atoms with Crippen LogP contribution in [0, 0.1) is 10.8 Å². The number of benzene rings is 1. The first-order valence-electron chi connectivity index (χ1n) is 7.97. The largest absolute Gasteiger partial charge is 0.309 e. The van der Waals surface area contributed by atoms with E-state index in [-0.39, 0.29) is 11.7 Å². The molecule has 1 aliphatic rings. The Balaban J connectivity index is 2.08. The van der Waals surface area contributed by atoms with E-state index < -0.39 is 0 Å². The second-order valence-corrected chi connectivity index (χ2v) is 5.92. The van der Waals surface area contributed by atoms with Crippen LogP contribution in [0.25, 0.3) is 17.0 Å². The van der Waals surface area contributed by atoms with Crippen molar-refractivity contribution in [3.8, 4) is 11.4 Å². The first-order chi connectivity index (χ1) is 12.6. The van der Waals surface area contributed by atoms with Gasteiger partial charge in [0.05, 0.1) is 0 Å². The predicted octanol–water partition coefficient (Wildman–Crippen LogP) is 3.60. The fraction of sp³-hybridized carbons (Fsp3) is 0.105. The van der Waals surface area contributed by atoms with Gasteiger partial charge in [-0.3, -0.25) is 15.1 Å². The number of nitrogens with zero attached hydrogens (tertiary/aromatic N) is 3. The summed E-state index contributed by atoms with van der Waals surface area (Å²) in [6, 6.07) is 7.01. The molecule has 0 bridgehead atoms. The molecule has 7 heteroatoms. The molecule has 1 aromatic heterocycles. The number of halogens is 1. The smallest absolute Gasteiger partial charge is 0.260 e. The highest BCUT2D eigenvalue weighted by Crippen LogP contribution is 2.32. The Kier molecular flexibility index (Phi) is 5.04. The van der Waals surface area contributed by atoms with Crippen LogP contribution in [0.4, 0.5) is 0 Å². The van der Waals surface area contributed by atoms with Gasteiger partial charge >= 0.3 is 0 Å². The second-order valence-electron chi connectivity index (χ2n) is 5.51. The molecule has 0 saturated carbocycles. The van der Waals surface area contributed by atoms with Crippen molar-refractivity contribution in [2.45, 2.75) is 6.92 Å². The van der Waals surface area contributed by atoms with Crippen LogP contribution < -0.4 is 0 Å². The number of amidine groups is 1. The molecule has 1 amide bonds. The van der Waals surface area contributed by atoms with Crippen molar-refractivity contribution in [3.63, 3.8) is 0 Å². The Labute approximate surface area is 155 Å². The van der Waals surface area contributed by atoms with Crippen molar-refractivity contribution in [3.05, 3.63) is 65.0 Å². The first-order valence-corrected chi connectivity index (χ1v) is 8.35. The van der Waals surface area contributed by atoms with Crippen molar-refractivity contribution >= 4 is 35.1 Å². The predicted molar refractivity (Wildman–Crippen MR) is 102 cm³/mol. The zero-order chi connectivity index (χ0) is 18.7. The summed E-state index contributed by atoms with van der Waals surface area (Å²) in [5.41, 5.74) is 2.20. The molecule has 0 unspecified atom stereocenters. The number of rotatable bonds is 4. The number of allylic oxidation sites excluding steroid dienone is 1. The summed E-state index contributed by atoms with van der Waals surface area (Å²) in [5.74, 6) is 0.340. The van der Waals surface area contributed by atoms with E-state index in [4.69, 9.17) is 22.4 Å². The molecule has 0 saturated heterocycles. The molecular formula is C19H16ClN5O. The van der Waals surface area contributed by atoms with E-state index in [1.54, 1.807) is 49.7 Å². The number of hydrogen-bond acceptors (Lipinski definition) is 5. The lowest BCUT2D eigenvalue weighted by Crippen LogP contribution is -2.40. The topological polar surface area (TPSA) is 93.8 Å². The highest BCUT2D eigenvalue weighted by molar-refractivity contribution is 6.37. The Morgan fingerprint density at radius 2 is 2.00 bits per heavy atom. The average Bonchev–Trinajstić information content (AvgIpc) is 2.65. The summed E-state index contributed by atoms with van der Waals surface area (Å²) in [5, 5.41) is 15.8. The highest BCUT2D eigenvalue weighted by Gasteiger charge is 2.29. The Bertz CT molecular complexity index is 950. The fourth-order valence-corrected chi connectivity index (χ4v) is 3.00. The van der Waals surface area contributed by atoms with Gasteiger partial charge in [0.25, 0.3) is 5.91 Å². The normalized spacial score (nSPS) is 16.0. The van der Waals surface area contributed by atoms with Crippen molar-refractivity contribution in [2.24, 2.45) is 0 Å². The Morgan fingerprint density at radius 1 is 1.27 bits per heavy atom. The number of carbonyl (C=O) groups is 1. The zero-order valence-electron chi connectivity index (χ0n) is 14.0. The van der Waals surface area contributed by atoms with Crippen LogP contribution in [0.1, 0.15) is 12.5 Å². The van der Waals surface area contributed by atoms with Crippen molar-refractivity contribution < 1.29 is 4.79 Å². The molecular weight excluding hydrogens is 350 g/mol. The lowest BCUT2D eigenvalue weighted by atomic mass is 9.95. The quantitative estimate of drug-likeness (QED) is 0.810. The van der Waals surface area contributed by atoms with Crippen molar-refractivity contribution in [2.75, 3.05) is 6.54 Å². The van der Waals surface area contributed by atoms with Crippen LogP contribution in [0.2, 0.25) is 5.02 Å². The minimum Gasteiger partial charge on any atom is -0.309 e. The lowest BCUT2D eigenvalue weighted by Gasteiger charge is -2.28. The third kappa shape index (κ3) is 3.19. The van der Waals surface area contributed by atoms with Gasteiger partial charge in [-0.1, -0.05) is 23.7 Å². The van der Waals surface area contributed by atoms with E-state index in [2.05, 4.69) is 9.97 Å². The molecule has 0 aliphatic carbocycles. The van der Waals surface area contributed by atoms with Crippen LogP contribution in [0.3, 0.4) is 0 Å². The highest BCUT2D eigenvalue weighted by atomic mass is 35.5. The molecule has 2 N–H and O–H groups in total. The Morgan fingerprint density at radius 3 is 2.62 bits per heavy atom. The van der Waals surface area contributed by atoms with Crippen LogP contribution in [-0.2, 0) is 4.79 Å². The van der Waals surface area contributed by atoms with Gasteiger partial charge in [-0.15, -0.1) is 0 Å². The molecule has 6 nitrogen and oxygen atoms in total. The standard InChI is InChI=1S/C19H16ClN5O/c1-2-25-17(22)12(6-7-21)10-15(19(25)26)14-5-4-13(11-16(14)20)18-23-8-3-9-24-18/h3-11,21-22H,2H2,1H3. The van der Waals surface area contributed by atoms with Crippen LogP contribution in [0.15, 0.2) is 54.4 Å². The van der Waals surface area contributed by atoms with E-state index in [1.807, 2.05) is 0 Å². The number of carbonyl (C=O) groups excluding carboxylic acids is 1. The molecule has 0 radical (unpaired) electrons.